The number of amides is 5. The first kappa shape index (κ1) is 78.2. The summed E-state index contributed by atoms with van der Waals surface area (Å²) in [5.74, 6) is -2.06. The van der Waals surface area contributed by atoms with E-state index >= 15 is 0 Å². The van der Waals surface area contributed by atoms with Gasteiger partial charge in [-0.3, -0.25) is 33.8 Å². The molecule has 2 bridgehead atoms. The van der Waals surface area contributed by atoms with Gasteiger partial charge in [0.05, 0.1) is 38.8 Å². The number of carbonyl (C=O) groups is 5. The van der Waals surface area contributed by atoms with Gasteiger partial charge in [0.1, 0.15) is 17.0 Å². The van der Waals surface area contributed by atoms with Gasteiger partial charge in [-0.1, -0.05) is 102 Å². The molecule has 12 rings (SSSR count). The third-order valence-corrected chi connectivity index (χ3v) is 26.9. The molecule has 5 aromatic rings. The van der Waals surface area contributed by atoms with Crippen molar-refractivity contribution in [3.63, 3.8) is 0 Å². The molecule has 4 heterocycles. The second-order valence-corrected chi connectivity index (χ2v) is 37.4. The van der Waals surface area contributed by atoms with Crippen LogP contribution in [-0.4, -0.2) is 184 Å². The van der Waals surface area contributed by atoms with E-state index in [1.54, 1.807) is 45.0 Å². The van der Waals surface area contributed by atoms with Gasteiger partial charge < -0.3 is 35.8 Å². The van der Waals surface area contributed by atoms with Crippen LogP contribution in [0, 0.1) is 28.6 Å². The highest BCUT2D eigenvalue weighted by atomic mass is 32.2. The Bertz CT molecular complexity index is 4170. The van der Waals surface area contributed by atoms with Crippen LogP contribution in [0.2, 0.25) is 0 Å². The van der Waals surface area contributed by atoms with Crippen molar-refractivity contribution >= 4 is 83.9 Å². The summed E-state index contributed by atoms with van der Waals surface area (Å²) in [6.45, 7) is 22.8. The highest BCUT2D eigenvalue weighted by Crippen LogP contribution is 2.77. The zero-order chi connectivity index (χ0) is 74.7. The van der Waals surface area contributed by atoms with Crippen molar-refractivity contribution in [3.05, 3.63) is 131 Å². The van der Waals surface area contributed by atoms with E-state index in [-0.39, 0.29) is 54.4 Å². The number of sulfonamides is 1. The number of aromatic nitrogens is 1. The predicted octanol–water partition coefficient (Wildman–Crippen LogP) is 11.8. The van der Waals surface area contributed by atoms with Crippen LogP contribution in [0.5, 0.6) is 0 Å². The number of likely N-dealkylation sites (tertiary alicyclic amines) is 1. The highest BCUT2D eigenvalue weighted by Gasteiger charge is 2.66. The molecule has 6 fully saturated rings. The average Bonchev–Trinajstić information content (AvgIpc) is 0.786. The number of allylic oxidation sites excluding steroid dienone is 1. The highest BCUT2D eigenvalue weighted by molar-refractivity contribution is 7.99. The van der Waals surface area contributed by atoms with Crippen LogP contribution in [0.1, 0.15) is 160 Å². The number of benzene rings is 4. The quantitative estimate of drug-likeness (QED) is 0.0177. The number of halogens is 3. The molecule has 4 aromatic carbocycles. The van der Waals surface area contributed by atoms with Crippen molar-refractivity contribution in [2.45, 2.75) is 189 Å². The van der Waals surface area contributed by atoms with Gasteiger partial charge in [0.15, 0.2) is 0 Å². The number of nitrogens with one attached hydrogen (secondary N) is 4. The number of sulfone groups is 1. The molecule has 0 unspecified atom stereocenters. The molecule has 104 heavy (non-hydrogen) atoms. The van der Waals surface area contributed by atoms with Crippen LogP contribution >= 0.6 is 23.1 Å². The predicted molar refractivity (Wildman–Crippen MR) is 400 cm³/mol. The minimum absolute atomic E-state index is 0.0188. The monoisotopic (exact) mass is 1510 g/mol. The van der Waals surface area contributed by atoms with E-state index in [0.29, 0.717) is 75.3 Å². The van der Waals surface area contributed by atoms with Crippen molar-refractivity contribution in [3.8, 4) is 10.4 Å². The first-order valence-corrected chi connectivity index (χ1v) is 41.3. The molecule has 5 atom stereocenters. The lowest BCUT2D eigenvalue weighted by molar-refractivity contribution is -0.166. The van der Waals surface area contributed by atoms with Gasteiger partial charge in [0.2, 0.25) is 23.6 Å². The van der Waals surface area contributed by atoms with E-state index in [2.05, 4.69) is 56.4 Å². The zero-order valence-electron chi connectivity index (χ0n) is 61.0. The summed E-state index contributed by atoms with van der Waals surface area (Å²) in [4.78, 5) is 82.8. The molecule has 3 aliphatic heterocycles. The third-order valence-electron chi connectivity index (χ3n) is 21.9. The Balaban J connectivity index is 0.641. The number of thioether (sulfide) groups is 1. The second-order valence-electron chi connectivity index (χ2n) is 31.8. The van der Waals surface area contributed by atoms with Crippen molar-refractivity contribution < 1.29 is 59.1 Å². The molecule has 4 aliphatic carbocycles. The fraction of sp³-hybridized carbons (Fsp3) is 0.558. The third kappa shape index (κ3) is 18.6. The average molecular weight is 1510 g/mol. The van der Waals surface area contributed by atoms with E-state index < -0.39 is 94.3 Å². The summed E-state index contributed by atoms with van der Waals surface area (Å²) in [5, 5.41) is 19.7. The van der Waals surface area contributed by atoms with E-state index in [9.17, 15) is 59.1 Å². The Labute approximate surface area is 619 Å². The summed E-state index contributed by atoms with van der Waals surface area (Å²) < 4.78 is 100. The number of anilines is 2. The van der Waals surface area contributed by atoms with Gasteiger partial charge in [-0.15, -0.1) is 23.1 Å². The second kappa shape index (κ2) is 31.9. The Morgan fingerprint density at radius 2 is 1.46 bits per heavy atom. The molecule has 0 spiro atoms. The van der Waals surface area contributed by atoms with Crippen molar-refractivity contribution in [2.75, 3.05) is 88.0 Å². The number of rotatable bonds is 28. The van der Waals surface area contributed by atoms with Crippen molar-refractivity contribution in [1.29, 1.82) is 0 Å². The molecule has 5 amide bonds. The first-order valence-electron chi connectivity index (χ1n) is 36.4. The van der Waals surface area contributed by atoms with Crippen LogP contribution < -0.4 is 25.6 Å². The summed E-state index contributed by atoms with van der Waals surface area (Å²) in [6.07, 6.45) is 8.80. The standard InChI is InChI=1S/C77H101F3N10O10S4/c1-51(53-19-21-54(22-20-53)68-52(2)81-50-102-68)82-71(95)64-41-59(91)45-90(64)72(96)69(73(3,4)5)84-66(92)17-13-10-14-18-67(93)89-39-33-86(34-40-89)32-30-57(46-101-60-15-11-9-12-16-60)83-63-28-27-61(42-65(63)103(97,98)77(78,79)80)104(99,100)85-70(94)55-23-25-58(26-24-55)88-37-35-87(36-38-88)44-56-43-74(6,7)31-29-62(56)76-47-75(8,48-76)49-76/h9,11-12,15-16,19-28,42,50-51,57,59,64,69,83,91H,10,13-14,17-18,29-41,43-49H2,1-8H3,(H,82,95)(H,84,92)(H,85,94)/t51-,57+,59+,64-,69+,75?,76?/m0/s1. The van der Waals surface area contributed by atoms with Crippen molar-refractivity contribution in [1.82, 2.24) is 39.9 Å². The lowest BCUT2D eigenvalue weighted by Crippen LogP contribution is -2.61. The number of aliphatic hydroxyl groups is 1. The molecular formula is C77H101F3N10O10S4. The van der Waals surface area contributed by atoms with Gasteiger partial charge in [0, 0.05) is 119 Å². The number of alkyl halides is 3. The molecule has 20 nitrogen and oxygen atoms in total. The SMILES string of the molecule is Cc1ncsc1-c1ccc([C@H](C)NC(=O)[C@@H]2C[C@@H](O)CN2C(=O)[C@@H](NC(=O)CCCCCC(=O)N2CCN(CC[C@H](CSc3ccccc3)Nc3ccc(S(=O)(=O)NC(=O)c4ccc(N5CCN(CC6=C(C78CC(C)(C7)C8)CCC(C)(C)C6)CC5)cc4)cc3S(=O)(=O)C(F)(F)F)CC2)C(C)(C)C)cc1. The number of aryl methyl sites for hydroxylation is 1. The maximum atomic E-state index is 14.6. The molecule has 5 N–H and O–H groups in total. The first-order chi connectivity index (χ1) is 49.1. The lowest BCUT2D eigenvalue weighted by atomic mass is 9.33. The smallest absolute Gasteiger partial charge is 0.391 e. The normalized spacial score (nSPS) is 22.6. The maximum Gasteiger partial charge on any atom is 0.501 e. The fourth-order valence-electron chi connectivity index (χ4n) is 16.3. The number of nitrogens with zero attached hydrogens (tertiary/aromatic N) is 6. The Morgan fingerprint density at radius 3 is 2.10 bits per heavy atom. The Kier molecular flexibility index (Phi) is 24.0. The van der Waals surface area contributed by atoms with Crippen LogP contribution in [-0.2, 0) is 39.0 Å². The Morgan fingerprint density at radius 1 is 0.798 bits per heavy atom. The number of aliphatic hydroxyl groups excluding tert-OH is 1. The van der Waals surface area contributed by atoms with E-state index in [4.69, 9.17) is 0 Å². The molecule has 3 saturated carbocycles. The molecule has 7 aliphatic rings. The number of unbranched alkanes of at least 4 members (excludes halogenated alkanes) is 2. The Hall–Kier alpha value is -6.88. The fourth-order valence-corrected chi connectivity index (χ4v) is 20.1. The van der Waals surface area contributed by atoms with Crippen LogP contribution in [0.25, 0.3) is 10.4 Å². The number of β-amino-alcohol motifs (C(OH)–C–C–N with tert-alkyl or cyclic N) is 1. The van der Waals surface area contributed by atoms with Gasteiger partial charge in [-0.2, -0.15) is 13.2 Å². The zero-order valence-corrected chi connectivity index (χ0v) is 64.2. The number of carbonyl (C=O) groups excluding carboxylic acids is 5. The molecule has 564 valence electrons. The van der Waals surface area contributed by atoms with Crippen molar-refractivity contribution in [2.24, 2.45) is 21.7 Å². The van der Waals surface area contributed by atoms with E-state index in [1.807, 2.05) is 93.9 Å². The van der Waals surface area contributed by atoms with Crippen LogP contribution in [0.3, 0.4) is 0 Å². The number of piperazine rings is 2. The molecule has 3 saturated heterocycles. The molecule has 1 aromatic heterocycles. The van der Waals surface area contributed by atoms with Crippen LogP contribution in [0.15, 0.2) is 128 Å². The van der Waals surface area contributed by atoms with E-state index in [1.165, 1.54) is 60.9 Å². The number of hydrogen-bond donors (Lipinski definition) is 5. The summed E-state index contributed by atoms with van der Waals surface area (Å²) in [7, 11) is -11.1. The van der Waals surface area contributed by atoms with Gasteiger partial charge in [0.25, 0.3) is 25.8 Å². The number of hydrogen-bond acceptors (Lipinski definition) is 17. The van der Waals surface area contributed by atoms with E-state index in [0.717, 1.165) is 83.6 Å². The summed E-state index contributed by atoms with van der Waals surface area (Å²) in [5.41, 5.74) is 3.03. The van der Waals surface area contributed by atoms with Gasteiger partial charge >= 0.3 is 5.51 Å². The largest absolute Gasteiger partial charge is 0.501 e. The summed E-state index contributed by atoms with van der Waals surface area (Å²) >= 11 is 2.95. The molecule has 0 radical (unpaired) electrons. The maximum absolute atomic E-state index is 14.6. The molecule has 27 heteroatoms. The summed E-state index contributed by atoms with van der Waals surface area (Å²) in [6, 6.07) is 22.9. The van der Waals surface area contributed by atoms with Gasteiger partial charge in [-0.25, -0.2) is 26.5 Å². The van der Waals surface area contributed by atoms with Crippen LogP contribution in [0.4, 0.5) is 24.5 Å². The molecular weight excluding hydrogens is 1410 g/mol. The van der Waals surface area contributed by atoms with Gasteiger partial charge in [-0.05, 0) is 159 Å². The lowest BCUT2D eigenvalue weighted by Gasteiger charge is -2.72. The minimum Gasteiger partial charge on any atom is -0.391 e. The topological polar surface area (TPSA) is 251 Å². The minimum atomic E-state index is -6.17. The number of thiazole rings is 1.